The molecular formula is C18H27N3O2. The van der Waals surface area contributed by atoms with E-state index in [4.69, 9.17) is 5.73 Å². The zero-order valence-electron chi connectivity index (χ0n) is 14.5. The summed E-state index contributed by atoms with van der Waals surface area (Å²) >= 11 is 0. The van der Waals surface area contributed by atoms with Crippen molar-refractivity contribution in [2.75, 3.05) is 18.4 Å². The van der Waals surface area contributed by atoms with E-state index in [0.717, 1.165) is 36.2 Å². The minimum Gasteiger partial charge on any atom is -0.369 e. The molecule has 1 aromatic carbocycles. The Kier molecular flexibility index (Phi) is 5.42. The standard InChI is InChI=1S/C18H27N3O2/c1-11-8-12(2)16(13(3)9-11)20-18(23)14(4)21-7-5-6-15(10-21)17(19)22/h8-9,14-15H,5-7,10H2,1-4H3,(H2,19,22)(H,20,23). The summed E-state index contributed by atoms with van der Waals surface area (Å²) in [4.78, 5) is 26.1. The van der Waals surface area contributed by atoms with Crippen molar-refractivity contribution in [2.24, 2.45) is 11.7 Å². The van der Waals surface area contributed by atoms with Gasteiger partial charge in [0.15, 0.2) is 0 Å². The topological polar surface area (TPSA) is 75.4 Å². The van der Waals surface area contributed by atoms with Gasteiger partial charge in [-0.1, -0.05) is 17.7 Å². The zero-order valence-corrected chi connectivity index (χ0v) is 14.5. The van der Waals surface area contributed by atoms with Gasteiger partial charge in [-0.05, 0) is 58.2 Å². The molecule has 1 aliphatic heterocycles. The number of nitrogens with one attached hydrogen (secondary N) is 1. The third kappa shape index (κ3) is 4.10. The highest BCUT2D eigenvalue weighted by atomic mass is 16.2. The summed E-state index contributed by atoms with van der Waals surface area (Å²) in [5.41, 5.74) is 9.62. The average molecular weight is 317 g/mol. The van der Waals surface area contributed by atoms with Gasteiger partial charge in [-0.25, -0.2) is 0 Å². The molecule has 3 N–H and O–H groups in total. The van der Waals surface area contributed by atoms with Gasteiger partial charge in [0, 0.05) is 12.2 Å². The molecule has 0 saturated carbocycles. The number of rotatable bonds is 4. The fourth-order valence-corrected chi connectivity index (χ4v) is 3.36. The SMILES string of the molecule is Cc1cc(C)c(NC(=O)C(C)N2CCCC(C(N)=O)C2)c(C)c1. The van der Waals surface area contributed by atoms with Crippen LogP contribution in [0.2, 0.25) is 0 Å². The van der Waals surface area contributed by atoms with E-state index in [-0.39, 0.29) is 23.8 Å². The third-order valence-electron chi connectivity index (χ3n) is 4.71. The molecule has 0 aliphatic carbocycles. The Balaban J connectivity index is 2.07. The van der Waals surface area contributed by atoms with Gasteiger partial charge in [0.25, 0.3) is 0 Å². The second kappa shape index (κ2) is 7.13. The predicted octanol–water partition coefficient (Wildman–Crippen LogP) is 2.14. The number of amides is 2. The van der Waals surface area contributed by atoms with Crippen LogP contribution in [0.4, 0.5) is 5.69 Å². The summed E-state index contributed by atoms with van der Waals surface area (Å²) < 4.78 is 0. The van der Waals surface area contributed by atoms with Crippen molar-refractivity contribution in [1.82, 2.24) is 4.90 Å². The number of carbonyl (C=O) groups excluding carboxylic acids is 2. The molecule has 2 atom stereocenters. The van der Waals surface area contributed by atoms with Crippen molar-refractivity contribution in [2.45, 2.75) is 46.6 Å². The second-order valence-electron chi connectivity index (χ2n) is 6.68. The van der Waals surface area contributed by atoms with Gasteiger partial charge in [-0.2, -0.15) is 0 Å². The summed E-state index contributed by atoms with van der Waals surface area (Å²) in [5, 5.41) is 3.05. The molecule has 1 aliphatic rings. The number of benzene rings is 1. The minimum absolute atomic E-state index is 0.0369. The summed E-state index contributed by atoms with van der Waals surface area (Å²) in [6.45, 7) is 9.33. The van der Waals surface area contributed by atoms with Crippen LogP contribution in [0.25, 0.3) is 0 Å². The molecule has 0 radical (unpaired) electrons. The number of hydrogen-bond donors (Lipinski definition) is 2. The molecule has 1 fully saturated rings. The third-order valence-corrected chi connectivity index (χ3v) is 4.71. The maximum absolute atomic E-state index is 12.6. The van der Waals surface area contributed by atoms with Gasteiger partial charge in [0.05, 0.1) is 12.0 Å². The number of nitrogens with two attached hydrogens (primary N) is 1. The molecule has 5 heteroatoms. The maximum Gasteiger partial charge on any atom is 0.241 e. The first kappa shape index (κ1) is 17.5. The first-order chi connectivity index (χ1) is 10.8. The molecule has 126 valence electrons. The van der Waals surface area contributed by atoms with Crippen LogP contribution in [0, 0.1) is 26.7 Å². The number of hydrogen-bond acceptors (Lipinski definition) is 3. The zero-order chi connectivity index (χ0) is 17.1. The lowest BCUT2D eigenvalue weighted by Gasteiger charge is -2.35. The molecule has 5 nitrogen and oxygen atoms in total. The van der Waals surface area contributed by atoms with Crippen LogP contribution in [0.1, 0.15) is 36.5 Å². The molecule has 0 bridgehead atoms. The lowest BCUT2D eigenvalue weighted by Crippen LogP contribution is -2.49. The number of nitrogens with zero attached hydrogens (tertiary/aromatic N) is 1. The van der Waals surface area contributed by atoms with E-state index >= 15 is 0 Å². The van der Waals surface area contributed by atoms with Crippen LogP contribution < -0.4 is 11.1 Å². The number of aryl methyl sites for hydroxylation is 3. The van der Waals surface area contributed by atoms with Gasteiger partial charge in [-0.15, -0.1) is 0 Å². The van der Waals surface area contributed by atoms with Crippen LogP contribution in [0.5, 0.6) is 0 Å². The Bertz CT molecular complexity index is 589. The molecule has 2 rings (SSSR count). The summed E-state index contributed by atoms with van der Waals surface area (Å²) in [6, 6.07) is 3.85. The number of anilines is 1. The smallest absolute Gasteiger partial charge is 0.241 e. The fraction of sp³-hybridized carbons (Fsp3) is 0.556. The molecule has 2 amide bonds. The fourth-order valence-electron chi connectivity index (χ4n) is 3.36. The normalized spacial score (nSPS) is 20.1. The Morgan fingerprint density at radius 2 is 1.87 bits per heavy atom. The van der Waals surface area contributed by atoms with Crippen LogP contribution >= 0.6 is 0 Å². The van der Waals surface area contributed by atoms with E-state index in [9.17, 15) is 9.59 Å². The molecule has 1 aromatic rings. The number of primary amides is 1. The van der Waals surface area contributed by atoms with Gasteiger partial charge in [0.2, 0.25) is 11.8 Å². The van der Waals surface area contributed by atoms with Crippen molar-refractivity contribution in [1.29, 1.82) is 0 Å². The monoisotopic (exact) mass is 317 g/mol. The highest BCUT2D eigenvalue weighted by molar-refractivity contribution is 5.96. The molecular weight excluding hydrogens is 290 g/mol. The lowest BCUT2D eigenvalue weighted by molar-refractivity contribution is -0.127. The predicted molar refractivity (Wildman–Crippen MR) is 92.2 cm³/mol. The van der Waals surface area contributed by atoms with Crippen LogP contribution in [-0.4, -0.2) is 35.8 Å². The molecule has 0 spiro atoms. The minimum atomic E-state index is -0.280. The average Bonchev–Trinajstić information content (AvgIpc) is 2.50. The van der Waals surface area contributed by atoms with E-state index < -0.39 is 0 Å². The van der Waals surface area contributed by atoms with E-state index in [1.165, 1.54) is 5.56 Å². The van der Waals surface area contributed by atoms with Crippen molar-refractivity contribution in [3.05, 3.63) is 28.8 Å². The summed E-state index contributed by atoms with van der Waals surface area (Å²) in [5.74, 6) is -0.459. The van der Waals surface area contributed by atoms with Crippen LogP contribution in [0.3, 0.4) is 0 Å². The van der Waals surface area contributed by atoms with Gasteiger partial charge in [0.1, 0.15) is 0 Å². The van der Waals surface area contributed by atoms with E-state index in [0.29, 0.717) is 6.54 Å². The van der Waals surface area contributed by atoms with Gasteiger partial charge >= 0.3 is 0 Å². The Morgan fingerprint density at radius 1 is 1.26 bits per heavy atom. The molecule has 1 saturated heterocycles. The Labute approximate surface area is 138 Å². The molecule has 2 unspecified atom stereocenters. The maximum atomic E-state index is 12.6. The number of carbonyl (C=O) groups is 2. The van der Waals surface area contributed by atoms with Crippen molar-refractivity contribution >= 4 is 17.5 Å². The first-order valence-corrected chi connectivity index (χ1v) is 8.21. The van der Waals surface area contributed by atoms with Crippen molar-refractivity contribution < 1.29 is 9.59 Å². The quantitative estimate of drug-likeness (QED) is 0.893. The lowest BCUT2D eigenvalue weighted by atomic mass is 9.96. The highest BCUT2D eigenvalue weighted by Crippen LogP contribution is 2.23. The molecule has 1 heterocycles. The van der Waals surface area contributed by atoms with Crippen molar-refractivity contribution in [3.63, 3.8) is 0 Å². The van der Waals surface area contributed by atoms with Gasteiger partial charge < -0.3 is 11.1 Å². The second-order valence-corrected chi connectivity index (χ2v) is 6.68. The van der Waals surface area contributed by atoms with E-state index in [1.54, 1.807) is 0 Å². The van der Waals surface area contributed by atoms with E-state index in [1.807, 2.05) is 32.6 Å². The Hall–Kier alpha value is -1.88. The van der Waals surface area contributed by atoms with Crippen LogP contribution in [-0.2, 0) is 9.59 Å². The Morgan fingerprint density at radius 3 is 2.43 bits per heavy atom. The number of likely N-dealkylation sites (tertiary alicyclic amines) is 1. The molecule has 23 heavy (non-hydrogen) atoms. The largest absolute Gasteiger partial charge is 0.369 e. The summed E-state index contributed by atoms with van der Waals surface area (Å²) in [7, 11) is 0. The van der Waals surface area contributed by atoms with E-state index in [2.05, 4.69) is 17.4 Å². The van der Waals surface area contributed by atoms with Crippen LogP contribution in [0.15, 0.2) is 12.1 Å². The highest BCUT2D eigenvalue weighted by Gasteiger charge is 2.30. The molecule has 0 aromatic heterocycles. The summed E-state index contributed by atoms with van der Waals surface area (Å²) in [6.07, 6.45) is 1.71. The van der Waals surface area contributed by atoms with Gasteiger partial charge in [-0.3, -0.25) is 14.5 Å². The van der Waals surface area contributed by atoms with Crippen molar-refractivity contribution in [3.8, 4) is 0 Å². The number of piperidine rings is 1. The first-order valence-electron chi connectivity index (χ1n) is 8.21.